The van der Waals surface area contributed by atoms with Gasteiger partial charge in [-0.2, -0.15) is 5.26 Å². The summed E-state index contributed by atoms with van der Waals surface area (Å²) in [6, 6.07) is 15.9. The first-order valence-electron chi connectivity index (χ1n) is 13.4. The summed E-state index contributed by atoms with van der Waals surface area (Å²) in [5.74, 6) is 0.00455. The number of hydrogen-bond acceptors (Lipinski definition) is 7. The summed E-state index contributed by atoms with van der Waals surface area (Å²) in [5, 5.41) is 12.2. The number of piperidine rings is 1. The Balaban J connectivity index is 1.35. The van der Waals surface area contributed by atoms with Gasteiger partial charge < -0.3 is 24.3 Å². The van der Waals surface area contributed by atoms with E-state index in [1.807, 2.05) is 11.0 Å². The van der Waals surface area contributed by atoms with E-state index < -0.39 is 0 Å². The Morgan fingerprint density at radius 1 is 0.950 bits per heavy atom. The van der Waals surface area contributed by atoms with Crippen LogP contribution in [0, 0.1) is 16.7 Å². The van der Waals surface area contributed by atoms with Gasteiger partial charge in [0.15, 0.2) is 12.1 Å². The van der Waals surface area contributed by atoms with Crippen LogP contribution >= 0.6 is 0 Å². The van der Waals surface area contributed by atoms with Crippen molar-refractivity contribution in [2.75, 3.05) is 39.3 Å². The molecule has 2 aliphatic heterocycles. The van der Waals surface area contributed by atoms with Gasteiger partial charge in [0, 0.05) is 38.3 Å². The number of nitrogens with one attached hydrogen (secondary N) is 1. The molecule has 5 rings (SSSR count). The van der Waals surface area contributed by atoms with E-state index in [1.165, 1.54) is 12.7 Å². The lowest BCUT2D eigenvalue weighted by Crippen LogP contribution is -2.49. The molecule has 10 heteroatoms. The highest BCUT2D eigenvalue weighted by Gasteiger charge is 2.37. The molecule has 1 fully saturated rings. The molecular weight excluding hydrogens is 510 g/mol. The summed E-state index contributed by atoms with van der Waals surface area (Å²) >= 11 is 0. The van der Waals surface area contributed by atoms with Crippen LogP contribution in [0.15, 0.2) is 65.6 Å². The normalized spacial score (nSPS) is 17.7. The van der Waals surface area contributed by atoms with Gasteiger partial charge in [0.05, 0.1) is 23.8 Å². The predicted octanol–water partition coefficient (Wildman–Crippen LogP) is 3.51. The van der Waals surface area contributed by atoms with E-state index in [0.717, 1.165) is 0 Å². The SMILES string of the molecule is N#Cc1ccc(C(=O)N2CCC3(CC2)CCN(C(=O)c2cocn2)CCCOc2ccccc2C(=O)NC3)cc1. The van der Waals surface area contributed by atoms with Gasteiger partial charge in [-0.25, -0.2) is 4.98 Å². The molecule has 3 aromatic rings. The minimum atomic E-state index is -0.316. The number of para-hydroxylation sites is 1. The minimum absolute atomic E-state index is 0.0815. The maximum absolute atomic E-state index is 13.2. The van der Waals surface area contributed by atoms with E-state index >= 15 is 0 Å². The van der Waals surface area contributed by atoms with Crippen LogP contribution in [0.5, 0.6) is 5.75 Å². The lowest BCUT2D eigenvalue weighted by molar-refractivity contribution is 0.0491. The molecule has 0 atom stereocenters. The first kappa shape index (κ1) is 26.9. The van der Waals surface area contributed by atoms with Crippen LogP contribution in [0.25, 0.3) is 0 Å². The van der Waals surface area contributed by atoms with Crippen LogP contribution < -0.4 is 10.1 Å². The van der Waals surface area contributed by atoms with E-state index in [0.29, 0.717) is 87.5 Å². The largest absolute Gasteiger partial charge is 0.493 e. The van der Waals surface area contributed by atoms with Crippen LogP contribution in [-0.2, 0) is 0 Å². The number of nitriles is 1. The zero-order chi connectivity index (χ0) is 28.0. The fraction of sp³-hybridized carbons (Fsp3) is 0.367. The van der Waals surface area contributed by atoms with Gasteiger partial charge in [-0.1, -0.05) is 12.1 Å². The molecule has 206 valence electrons. The second kappa shape index (κ2) is 12.0. The second-order valence-electron chi connectivity index (χ2n) is 10.3. The number of aromatic nitrogens is 1. The van der Waals surface area contributed by atoms with E-state index in [-0.39, 0.29) is 28.8 Å². The molecule has 3 heterocycles. The Morgan fingerprint density at radius 2 is 1.65 bits per heavy atom. The summed E-state index contributed by atoms with van der Waals surface area (Å²) in [7, 11) is 0. The van der Waals surface area contributed by atoms with Crippen molar-refractivity contribution in [1.29, 1.82) is 5.26 Å². The maximum Gasteiger partial charge on any atom is 0.275 e. The first-order valence-corrected chi connectivity index (χ1v) is 13.4. The van der Waals surface area contributed by atoms with Crippen molar-refractivity contribution in [3.63, 3.8) is 0 Å². The molecule has 2 aromatic carbocycles. The Bertz CT molecular complexity index is 1390. The number of carbonyl (C=O) groups is 3. The number of ether oxygens (including phenoxy) is 1. The van der Waals surface area contributed by atoms with E-state index in [1.54, 1.807) is 47.4 Å². The lowest BCUT2D eigenvalue weighted by Gasteiger charge is -2.43. The average Bonchev–Trinajstić information content (AvgIpc) is 3.55. The molecule has 40 heavy (non-hydrogen) atoms. The molecule has 0 saturated carbocycles. The maximum atomic E-state index is 13.2. The van der Waals surface area contributed by atoms with E-state index in [9.17, 15) is 14.4 Å². The van der Waals surface area contributed by atoms with Gasteiger partial charge in [0.2, 0.25) is 0 Å². The van der Waals surface area contributed by atoms with Crippen LogP contribution in [0.3, 0.4) is 0 Å². The molecule has 0 radical (unpaired) electrons. The van der Waals surface area contributed by atoms with Crippen LogP contribution in [-0.4, -0.2) is 71.8 Å². The molecule has 0 unspecified atom stereocenters. The highest BCUT2D eigenvalue weighted by Crippen LogP contribution is 2.36. The highest BCUT2D eigenvalue weighted by atomic mass is 16.5. The van der Waals surface area contributed by atoms with Crippen LogP contribution in [0.2, 0.25) is 0 Å². The van der Waals surface area contributed by atoms with Gasteiger partial charge in [0.1, 0.15) is 12.0 Å². The Kier molecular flexibility index (Phi) is 8.10. The molecule has 3 amide bonds. The van der Waals surface area contributed by atoms with Crippen LogP contribution in [0.4, 0.5) is 0 Å². The summed E-state index contributed by atoms with van der Waals surface area (Å²) in [4.78, 5) is 47.2. The molecule has 0 aliphatic carbocycles. The molecular formula is C30H31N5O5. The number of oxazole rings is 1. The van der Waals surface area contributed by atoms with Gasteiger partial charge in [-0.15, -0.1) is 0 Å². The van der Waals surface area contributed by atoms with Crippen molar-refractivity contribution >= 4 is 17.7 Å². The quantitative estimate of drug-likeness (QED) is 0.526. The van der Waals surface area contributed by atoms with Crippen molar-refractivity contribution < 1.29 is 23.5 Å². The number of fused-ring (bicyclic) bond motifs is 1. The molecule has 10 nitrogen and oxygen atoms in total. The number of nitrogens with zero attached hydrogens (tertiary/aromatic N) is 4. The molecule has 1 spiro atoms. The summed E-state index contributed by atoms with van der Waals surface area (Å²) in [6.45, 7) is 2.74. The lowest BCUT2D eigenvalue weighted by atomic mass is 9.75. The van der Waals surface area contributed by atoms with Crippen molar-refractivity contribution in [3.05, 3.63) is 83.6 Å². The number of carbonyl (C=O) groups excluding carboxylic acids is 3. The average molecular weight is 542 g/mol. The fourth-order valence-corrected chi connectivity index (χ4v) is 5.32. The second-order valence-corrected chi connectivity index (χ2v) is 10.3. The number of benzene rings is 2. The van der Waals surface area contributed by atoms with Gasteiger partial charge in [-0.05, 0) is 67.5 Å². The predicted molar refractivity (Wildman–Crippen MR) is 145 cm³/mol. The van der Waals surface area contributed by atoms with Gasteiger partial charge in [0.25, 0.3) is 17.7 Å². The zero-order valence-corrected chi connectivity index (χ0v) is 22.2. The first-order chi connectivity index (χ1) is 19.5. The standard InChI is InChI=1S/C30H31N5O5/c31-18-22-6-8-23(9-7-22)28(37)35-15-11-30(12-16-35)10-14-34(29(38)25-19-39-21-33-25)13-3-17-40-26-5-2-1-4-24(26)27(36)32-20-30/h1-2,4-9,19,21H,3,10-17,20H2,(H,32,36). The molecule has 1 N–H and O–H groups in total. The third kappa shape index (κ3) is 5.99. The van der Waals surface area contributed by atoms with E-state index in [2.05, 4.69) is 16.4 Å². The highest BCUT2D eigenvalue weighted by molar-refractivity contribution is 5.97. The van der Waals surface area contributed by atoms with Gasteiger partial charge >= 0.3 is 0 Å². The third-order valence-electron chi connectivity index (χ3n) is 7.81. The Labute approximate surface area is 232 Å². The van der Waals surface area contributed by atoms with E-state index in [4.69, 9.17) is 14.4 Å². The Morgan fingerprint density at radius 3 is 2.33 bits per heavy atom. The minimum Gasteiger partial charge on any atom is -0.493 e. The number of hydrogen-bond donors (Lipinski definition) is 1. The zero-order valence-electron chi connectivity index (χ0n) is 22.2. The monoisotopic (exact) mass is 541 g/mol. The van der Waals surface area contributed by atoms with Crippen LogP contribution in [0.1, 0.15) is 62.5 Å². The Hall–Kier alpha value is -4.65. The van der Waals surface area contributed by atoms with Gasteiger partial charge in [-0.3, -0.25) is 14.4 Å². The third-order valence-corrected chi connectivity index (χ3v) is 7.81. The van der Waals surface area contributed by atoms with Crippen molar-refractivity contribution in [3.8, 4) is 11.8 Å². The number of rotatable bonds is 2. The smallest absolute Gasteiger partial charge is 0.275 e. The molecule has 2 aliphatic rings. The summed E-state index contributed by atoms with van der Waals surface area (Å²) in [5.41, 5.74) is 1.45. The fourth-order valence-electron chi connectivity index (χ4n) is 5.32. The summed E-state index contributed by atoms with van der Waals surface area (Å²) in [6.07, 6.45) is 5.15. The van der Waals surface area contributed by atoms with Crippen molar-refractivity contribution in [2.24, 2.45) is 5.41 Å². The molecule has 0 bridgehead atoms. The molecule has 1 aromatic heterocycles. The van der Waals surface area contributed by atoms with Crippen molar-refractivity contribution in [1.82, 2.24) is 20.1 Å². The van der Waals surface area contributed by atoms with Crippen molar-refractivity contribution in [2.45, 2.75) is 25.7 Å². The number of likely N-dealkylation sites (tertiary alicyclic amines) is 1. The molecule has 1 saturated heterocycles. The number of amides is 3. The topological polar surface area (TPSA) is 129 Å². The summed E-state index contributed by atoms with van der Waals surface area (Å²) < 4.78 is 11.0.